The number of ether oxygens (including phenoxy) is 7. The maximum absolute atomic E-state index is 13.6. The number of benzene rings is 5. The van der Waals surface area contributed by atoms with E-state index in [9.17, 15) is 14.4 Å². The lowest BCUT2D eigenvalue weighted by atomic mass is 9.95. The Morgan fingerprint density at radius 3 is 1.49 bits per heavy atom. The van der Waals surface area contributed by atoms with Crippen molar-refractivity contribution >= 4 is 18.0 Å². The van der Waals surface area contributed by atoms with Gasteiger partial charge < -0.3 is 43.8 Å². The van der Waals surface area contributed by atoms with Gasteiger partial charge in [-0.2, -0.15) is 0 Å². The van der Waals surface area contributed by atoms with Crippen LogP contribution < -0.4 is 10.6 Å². The topological polar surface area (TPSA) is 140 Å². The van der Waals surface area contributed by atoms with E-state index < -0.39 is 55.4 Å². The lowest BCUT2D eigenvalue weighted by Gasteiger charge is -2.46. The number of rotatable bonds is 20. The van der Waals surface area contributed by atoms with Gasteiger partial charge in [0.25, 0.3) is 0 Å². The van der Waals surface area contributed by atoms with Gasteiger partial charge in [0.2, 0.25) is 5.91 Å². The van der Waals surface area contributed by atoms with Crippen LogP contribution in [-0.2, 0) is 75.8 Å². The van der Waals surface area contributed by atoms with E-state index >= 15 is 0 Å². The molecule has 2 amide bonds. The largest absolute Gasteiger partial charge is 0.459 e. The van der Waals surface area contributed by atoms with Crippen LogP contribution in [0.5, 0.6) is 0 Å². The van der Waals surface area contributed by atoms with Crippen LogP contribution in [0, 0.1) is 0 Å². The molecule has 0 unspecified atom stereocenters. The zero-order chi connectivity index (χ0) is 41.1. The summed E-state index contributed by atoms with van der Waals surface area (Å²) in [5, 5.41) is 5.57. The fraction of sp³-hybridized carbons (Fsp3) is 0.298. The van der Waals surface area contributed by atoms with Crippen molar-refractivity contribution in [3.8, 4) is 0 Å². The molecule has 0 bridgehead atoms. The molecule has 0 aliphatic carbocycles. The van der Waals surface area contributed by atoms with E-state index in [0.717, 1.165) is 27.8 Å². The highest BCUT2D eigenvalue weighted by Crippen LogP contribution is 2.30. The van der Waals surface area contributed by atoms with Crippen molar-refractivity contribution in [1.82, 2.24) is 10.6 Å². The summed E-state index contributed by atoms with van der Waals surface area (Å²) < 4.78 is 43.6. The number of esters is 1. The molecule has 1 saturated heterocycles. The lowest BCUT2D eigenvalue weighted by Crippen LogP contribution is -2.66. The van der Waals surface area contributed by atoms with E-state index in [1.165, 1.54) is 6.92 Å². The van der Waals surface area contributed by atoms with Gasteiger partial charge in [-0.3, -0.25) is 4.79 Å². The third-order valence-electron chi connectivity index (χ3n) is 9.42. The Bertz CT molecular complexity index is 1990. The fourth-order valence-corrected chi connectivity index (χ4v) is 6.46. The summed E-state index contributed by atoms with van der Waals surface area (Å²) in [6, 6.07) is 45.1. The van der Waals surface area contributed by atoms with Gasteiger partial charge in [-0.25, -0.2) is 9.59 Å². The predicted molar refractivity (Wildman–Crippen MR) is 218 cm³/mol. The molecule has 59 heavy (non-hydrogen) atoms. The van der Waals surface area contributed by atoms with Crippen LogP contribution in [0.3, 0.4) is 0 Å². The Labute approximate surface area is 344 Å². The minimum atomic E-state index is -1.33. The van der Waals surface area contributed by atoms with Gasteiger partial charge in [-0.15, -0.1) is 0 Å². The first-order chi connectivity index (χ1) is 28.9. The Morgan fingerprint density at radius 2 is 1.00 bits per heavy atom. The molecular formula is C47H50N2O10. The summed E-state index contributed by atoms with van der Waals surface area (Å²) in [5.41, 5.74) is 4.31. The van der Waals surface area contributed by atoms with Crippen LogP contribution in [0.4, 0.5) is 4.79 Å². The molecule has 1 aliphatic rings. The summed E-state index contributed by atoms with van der Waals surface area (Å²) in [5.74, 6) is -1.14. The van der Waals surface area contributed by atoms with Crippen molar-refractivity contribution in [2.75, 3.05) is 13.2 Å². The van der Waals surface area contributed by atoms with Gasteiger partial charge in [0, 0.05) is 6.92 Å². The third kappa shape index (κ3) is 13.9. The molecule has 6 rings (SSSR count). The molecule has 1 fully saturated rings. The van der Waals surface area contributed by atoms with E-state index in [1.54, 1.807) is 0 Å². The van der Waals surface area contributed by atoms with Crippen molar-refractivity contribution in [3.05, 3.63) is 179 Å². The van der Waals surface area contributed by atoms with Gasteiger partial charge in [-0.05, 0) is 27.8 Å². The van der Waals surface area contributed by atoms with Crippen molar-refractivity contribution in [3.63, 3.8) is 0 Å². The SMILES string of the molecule is CC(=O)N[C@H]1[C@@H](OC[C@H](NC(=O)OCc2ccccc2)C(=O)OCc2ccccc2)O[C@H](COCc2ccccc2)[C@H](OCc2ccccc2)[C@@H]1OCc1ccccc1. The Kier molecular flexibility index (Phi) is 16.6. The van der Waals surface area contributed by atoms with E-state index in [0.29, 0.717) is 6.61 Å². The number of alkyl carbamates (subject to hydrolysis) is 1. The molecule has 5 aromatic rings. The number of carbonyl (C=O) groups is 3. The highest BCUT2D eigenvalue weighted by molar-refractivity contribution is 5.81. The summed E-state index contributed by atoms with van der Waals surface area (Å²) in [6.07, 6.45) is -4.42. The average Bonchev–Trinajstić information content (AvgIpc) is 3.27. The van der Waals surface area contributed by atoms with E-state index in [-0.39, 0.29) is 38.9 Å². The van der Waals surface area contributed by atoms with Crippen LogP contribution in [0.2, 0.25) is 0 Å². The monoisotopic (exact) mass is 802 g/mol. The second-order valence-corrected chi connectivity index (χ2v) is 14.0. The quantitative estimate of drug-likeness (QED) is 0.0822. The zero-order valence-electron chi connectivity index (χ0n) is 32.9. The summed E-state index contributed by atoms with van der Waals surface area (Å²) in [7, 11) is 0. The average molecular weight is 803 g/mol. The molecule has 2 N–H and O–H groups in total. The third-order valence-corrected chi connectivity index (χ3v) is 9.42. The number of hydrogen-bond acceptors (Lipinski definition) is 10. The Morgan fingerprint density at radius 1 is 0.559 bits per heavy atom. The van der Waals surface area contributed by atoms with E-state index in [2.05, 4.69) is 10.6 Å². The second-order valence-electron chi connectivity index (χ2n) is 14.0. The molecule has 6 atom stereocenters. The van der Waals surface area contributed by atoms with E-state index in [4.69, 9.17) is 33.2 Å². The maximum Gasteiger partial charge on any atom is 0.408 e. The Balaban J connectivity index is 1.25. The molecule has 5 aromatic carbocycles. The van der Waals surface area contributed by atoms with Crippen LogP contribution in [0.25, 0.3) is 0 Å². The number of nitrogens with one attached hydrogen (secondary N) is 2. The standard InChI is InChI=1S/C47H50N2O10/c1-34(50)48-42-44(55-29-37-21-11-4-12-22-37)43(54-28-36-19-9-3-10-20-36)41(33-53-27-35-17-7-2-8-18-35)59-46(42)57-32-40(45(51)56-30-38-23-13-5-14-24-38)49-47(52)58-31-39-25-15-6-16-26-39/h2-26,40-44,46H,27-33H2,1H3,(H,48,50)(H,49,52)/t40-,41+,42+,43-,44+,46-/m0/s1. The first-order valence-corrected chi connectivity index (χ1v) is 19.6. The minimum Gasteiger partial charge on any atom is -0.459 e. The zero-order valence-corrected chi connectivity index (χ0v) is 32.9. The Hall–Kier alpha value is -5.89. The van der Waals surface area contributed by atoms with Crippen LogP contribution in [0.1, 0.15) is 34.7 Å². The molecule has 0 aromatic heterocycles. The normalized spacial score (nSPS) is 19.2. The highest BCUT2D eigenvalue weighted by atomic mass is 16.7. The predicted octanol–water partition coefficient (Wildman–Crippen LogP) is 6.66. The molecule has 12 heteroatoms. The van der Waals surface area contributed by atoms with E-state index in [1.807, 2.05) is 152 Å². The summed E-state index contributed by atoms with van der Waals surface area (Å²) in [4.78, 5) is 39.6. The van der Waals surface area contributed by atoms with Gasteiger partial charge >= 0.3 is 12.1 Å². The van der Waals surface area contributed by atoms with Crippen molar-refractivity contribution < 1.29 is 47.5 Å². The second kappa shape index (κ2) is 22.9. The van der Waals surface area contributed by atoms with Gasteiger partial charge in [-0.1, -0.05) is 152 Å². The van der Waals surface area contributed by atoms with Gasteiger partial charge in [0.05, 0.1) is 33.0 Å². The first-order valence-electron chi connectivity index (χ1n) is 19.6. The van der Waals surface area contributed by atoms with Gasteiger partial charge in [0.1, 0.15) is 37.6 Å². The van der Waals surface area contributed by atoms with Gasteiger partial charge in [0.15, 0.2) is 12.3 Å². The molecule has 1 aliphatic heterocycles. The molecule has 12 nitrogen and oxygen atoms in total. The smallest absolute Gasteiger partial charge is 0.408 e. The lowest BCUT2D eigenvalue weighted by molar-refractivity contribution is -0.291. The molecule has 0 saturated carbocycles. The van der Waals surface area contributed by atoms with Crippen LogP contribution in [-0.4, -0.2) is 67.9 Å². The highest BCUT2D eigenvalue weighted by Gasteiger charge is 2.49. The molecule has 0 spiro atoms. The number of carbonyl (C=O) groups excluding carboxylic acids is 3. The maximum atomic E-state index is 13.6. The first kappa shape index (κ1) is 42.7. The minimum absolute atomic E-state index is 0.0227. The van der Waals surface area contributed by atoms with Crippen molar-refractivity contribution in [2.24, 2.45) is 0 Å². The summed E-state index contributed by atoms with van der Waals surface area (Å²) >= 11 is 0. The van der Waals surface area contributed by atoms with Crippen molar-refractivity contribution in [1.29, 1.82) is 0 Å². The molecular weight excluding hydrogens is 753 g/mol. The molecule has 0 radical (unpaired) electrons. The molecule has 1 heterocycles. The van der Waals surface area contributed by atoms with Crippen LogP contribution in [0.15, 0.2) is 152 Å². The van der Waals surface area contributed by atoms with Crippen molar-refractivity contribution in [2.45, 2.75) is 76.6 Å². The fourth-order valence-electron chi connectivity index (χ4n) is 6.46. The number of hydrogen-bond donors (Lipinski definition) is 2. The van der Waals surface area contributed by atoms with Crippen LogP contribution >= 0.6 is 0 Å². The summed E-state index contributed by atoms with van der Waals surface area (Å²) in [6.45, 7) is 1.68. The number of amides is 2. The molecule has 308 valence electrons.